The molecule has 0 saturated carbocycles. The van der Waals surface area contributed by atoms with E-state index in [1.54, 1.807) is 0 Å². The lowest BCUT2D eigenvalue weighted by atomic mass is 10.1. The van der Waals surface area contributed by atoms with Crippen LogP contribution in [0.1, 0.15) is 12.5 Å². The topological polar surface area (TPSA) is 31.5 Å². The van der Waals surface area contributed by atoms with Crippen LogP contribution < -0.4 is 4.74 Å². The van der Waals surface area contributed by atoms with E-state index in [4.69, 9.17) is 9.72 Å². The smallest absolute Gasteiger partial charge is 0.220 e. The minimum Gasteiger partial charge on any atom is -0.494 e. The molecule has 2 heterocycles. The van der Waals surface area contributed by atoms with Gasteiger partial charge in [-0.15, -0.1) is 0 Å². The Balaban J connectivity index is 1.66. The molecule has 4 aromatic carbocycles. The molecule has 0 aliphatic rings. The number of hydrogen-bond donors (Lipinski definition) is 0. The molecule has 32 heavy (non-hydrogen) atoms. The Morgan fingerprint density at radius 3 is 2.41 bits per heavy atom. The first-order valence-electron chi connectivity index (χ1n) is 10.9. The number of hydrogen-bond acceptors (Lipinski definition) is 2. The summed E-state index contributed by atoms with van der Waals surface area (Å²) in [5, 5.41) is 2.37. The normalized spacial score (nSPS) is 11.6. The van der Waals surface area contributed by atoms with E-state index >= 15 is 0 Å². The van der Waals surface area contributed by atoms with Gasteiger partial charge in [-0.3, -0.25) is 8.97 Å². The molecule has 0 N–H and O–H groups in total. The lowest BCUT2D eigenvalue weighted by Gasteiger charge is -2.10. The summed E-state index contributed by atoms with van der Waals surface area (Å²) in [6.45, 7) is 4.76. The van der Waals surface area contributed by atoms with Crippen LogP contribution in [0.4, 0.5) is 0 Å². The molecule has 0 aliphatic carbocycles. The van der Waals surface area contributed by atoms with E-state index in [1.807, 2.05) is 19.1 Å². The Morgan fingerprint density at radius 1 is 0.844 bits per heavy atom. The average molecular weight is 418 g/mol. The molecule has 0 fully saturated rings. The fraction of sp³-hybridized carbons (Fsp3) is 0.107. The molecule has 156 valence electrons. The predicted octanol–water partition coefficient (Wildman–Crippen LogP) is 6.81. The fourth-order valence-corrected chi connectivity index (χ4v) is 4.43. The monoisotopic (exact) mass is 417 g/mol. The molecular weight excluding hydrogens is 394 g/mol. The van der Waals surface area contributed by atoms with Gasteiger partial charge in [0.05, 0.1) is 23.3 Å². The van der Waals surface area contributed by atoms with E-state index in [9.17, 15) is 0 Å². The number of ether oxygens (including phenoxy) is 1. The molecule has 0 spiro atoms. The summed E-state index contributed by atoms with van der Waals surface area (Å²) < 4.78 is 10.1. The van der Waals surface area contributed by atoms with Gasteiger partial charge in [-0.05, 0) is 49.6 Å². The van der Waals surface area contributed by atoms with E-state index in [1.165, 1.54) is 16.3 Å². The summed E-state index contributed by atoms with van der Waals surface area (Å²) in [4.78, 5) is 5.14. The molecule has 2 aromatic heterocycles. The second kappa shape index (κ2) is 7.27. The summed E-state index contributed by atoms with van der Waals surface area (Å²) in [6.07, 6.45) is 2.20. The summed E-state index contributed by atoms with van der Waals surface area (Å²) in [5.41, 5.74) is 6.69. The Bertz CT molecular complexity index is 1570. The largest absolute Gasteiger partial charge is 0.494 e. The van der Waals surface area contributed by atoms with Crippen molar-refractivity contribution in [1.29, 1.82) is 0 Å². The summed E-state index contributed by atoms with van der Waals surface area (Å²) in [5.74, 6) is 1.77. The highest BCUT2D eigenvalue weighted by Gasteiger charge is 2.18. The molecule has 0 radical (unpaired) electrons. The Kier molecular flexibility index (Phi) is 4.25. The van der Waals surface area contributed by atoms with E-state index < -0.39 is 0 Å². The fourth-order valence-electron chi connectivity index (χ4n) is 4.43. The van der Waals surface area contributed by atoms with Gasteiger partial charge in [0.1, 0.15) is 5.75 Å². The molecule has 0 saturated heterocycles. The average Bonchev–Trinajstić information content (AvgIpc) is 3.37. The van der Waals surface area contributed by atoms with Crippen molar-refractivity contribution in [1.82, 2.24) is 14.0 Å². The number of aryl methyl sites for hydroxylation is 1. The van der Waals surface area contributed by atoms with Crippen molar-refractivity contribution in [3.63, 3.8) is 0 Å². The van der Waals surface area contributed by atoms with Gasteiger partial charge in [-0.25, -0.2) is 4.98 Å². The van der Waals surface area contributed by atoms with Crippen molar-refractivity contribution in [3.8, 4) is 22.7 Å². The SMILES string of the molecule is CCOc1ccc(-n2c(-c3ccc(C)cc3)cn3c4ccc5ccccc5c4nc23)cc1. The lowest BCUT2D eigenvalue weighted by molar-refractivity contribution is 0.340. The third-order valence-corrected chi connectivity index (χ3v) is 6.01. The highest BCUT2D eigenvalue weighted by Crippen LogP contribution is 2.33. The van der Waals surface area contributed by atoms with Gasteiger partial charge < -0.3 is 4.74 Å². The zero-order valence-electron chi connectivity index (χ0n) is 18.1. The first-order valence-corrected chi connectivity index (χ1v) is 10.9. The van der Waals surface area contributed by atoms with Crippen LogP contribution >= 0.6 is 0 Å². The third-order valence-electron chi connectivity index (χ3n) is 6.01. The molecule has 4 nitrogen and oxygen atoms in total. The maximum atomic E-state index is 5.66. The summed E-state index contributed by atoms with van der Waals surface area (Å²) in [7, 11) is 0. The minimum absolute atomic E-state index is 0.653. The molecule has 0 amide bonds. The Morgan fingerprint density at radius 2 is 1.62 bits per heavy atom. The highest BCUT2D eigenvalue weighted by atomic mass is 16.5. The third kappa shape index (κ3) is 2.88. The molecule has 0 bridgehead atoms. The molecule has 6 aromatic rings. The minimum atomic E-state index is 0.653. The van der Waals surface area contributed by atoms with Crippen LogP contribution in [0.25, 0.3) is 44.5 Å². The van der Waals surface area contributed by atoms with Gasteiger partial charge >= 0.3 is 0 Å². The molecule has 6 rings (SSSR count). The maximum absolute atomic E-state index is 5.66. The van der Waals surface area contributed by atoms with Crippen molar-refractivity contribution in [2.45, 2.75) is 13.8 Å². The van der Waals surface area contributed by atoms with Gasteiger partial charge in [-0.2, -0.15) is 0 Å². The van der Waals surface area contributed by atoms with Crippen molar-refractivity contribution < 1.29 is 4.74 Å². The van der Waals surface area contributed by atoms with Gasteiger partial charge in [0.15, 0.2) is 0 Å². The molecule has 4 heteroatoms. The highest BCUT2D eigenvalue weighted by molar-refractivity contribution is 6.05. The second-order valence-corrected chi connectivity index (χ2v) is 8.08. The molecular formula is C28H23N3O. The Labute approximate surface area is 186 Å². The summed E-state index contributed by atoms with van der Waals surface area (Å²) in [6, 6.07) is 29.6. The number of benzene rings is 4. The van der Waals surface area contributed by atoms with Crippen LogP contribution in [-0.2, 0) is 0 Å². The van der Waals surface area contributed by atoms with E-state index in [0.717, 1.165) is 39.5 Å². The zero-order valence-corrected chi connectivity index (χ0v) is 18.1. The van der Waals surface area contributed by atoms with Gasteiger partial charge in [0.2, 0.25) is 5.78 Å². The van der Waals surface area contributed by atoms with Crippen molar-refractivity contribution >= 4 is 27.6 Å². The maximum Gasteiger partial charge on any atom is 0.220 e. The number of aromatic nitrogens is 3. The quantitative estimate of drug-likeness (QED) is 0.316. The first kappa shape index (κ1) is 18.7. The van der Waals surface area contributed by atoms with Crippen molar-refractivity contribution in [2.24, 2.45) is 0 Å². The van der Waals surface area contributed by atoms with Crippen LogP contribution in [-0.4, -0.2) is 20.6 Å². The van der Waals surface area contributed by atoms with Gasteiger partial charge in [-0.1, -0.05) is 60.2 Å². The van der Waals surface area contributed by atoms with Gasteiger partial charge in [0.25, 0.3) is 0 Å². The van der Waals surface area contributed by atoms with Crippen molar-refractivity contribution in [2.75, 3.05) is 6.61 Å². The van der Waals surface area contributed by atoms with Crippen LogP contribution in [0.5, 0.6) is 5.75 Å². The molecule has 0 aliphatic heterocycles. The molecule has 0 unspecified atom stereocenters. The standard InChI is InChI=1S/C28H23N3O/c1-3-32-23-15-13-22(14-16-23)31-26(21-10-8-19(2)9-11-21)18-30-25-17-12-20-6-4-5-7-24(20)27(25)29-28(30)31/h4-18H,3H2,1-2H3. The number of nitrogens with zero attached hydrogens (tertiary/aromatic N) is 3. The van der Waals surface area contributed by atoms with Crippen LogP contribution in [0, 0.1) is 6.92 Å². The van der Waals surface area contributed by atoms with Crippen LogP contribution in [0.3, 0.4) is 0 Å². The van der Waals surface area contributed by atoms with Crippen molar-refractivity contribution in [3.05, 3.63) is 96.7 Å². The van der Waals surface area contributed by atoms with Crippen LogP contribution in [0.2, 0.25) is 0 Å². The first-order chi connectivity index (χ1) is 15.7. The van der Waals surface area contributed by atoms with Gasteiger partial charge in [0, 0.05) is 22.8 Å². The van der Waals surface area contributed by atoms with E-state index in [0.29, 0.717) is 6.61 Å². The van der Waals surface area contributed by atoms with E-state index in [2.05, 4.69) is 94.9 Å². The van der Waals surface area contributed by atoms with Crippen LogP contribution in [0.15, 0.2) is 91.1 Å². The van der Waals surface area contributed by atoms with E-state index in [-0.39, 0.29) is 0 Å². The molecule has 0 atom stereocenters. The Hall–Kier alpha value is -4.05. The summed E-state index contributed by atoms with van der Waals surface area (Å²) >= 11 is 0. The number of rotatable bonds is 4. The number of imidazole rings is 2. The zero-order chi connectivity index (χ0) is 21.7. The predicted molar refractivity (Wildman–Crippen MR) is 131 cm³/mol. The number of fused-ring (bicyclic) bond motifs is 5. The lowest BCUT2D eigenvalue weighted by Crippen LogP contribution is -1.98. The second-order valence-electron chi connectivity index (χ2n) is 8.08.